The Morgan fingerprint density at radius 1 is 1.42 bits per heavy atom. The second-order valence-corrected chi connectivity index (χ2v) is 4.84. The quantitative estimate of drug-likeness (QED) is 0.483. The summed E-state index contributed by atoms with van der Waals surface area (Å²) in [4.78, 5) is 0. The van der Waals surface area contributed by atoms with Crippen LogP contribution in [0.4, 0.5) is 0 Å². The molecule has 1 fully saturated rings. The maximum atomic E-state index is 7.21. The zero-order valence-corrected chi connectivity index (χ0v) is 8.19. The van der Waals surface area contributed by atoms with Crippen LogP contribution in [0, 0.1) is 16.7 Å². The van der Waals surface area contributed by atoms with Crippen LogP contribution in [-0.2, 0) is 0 Å². The number of amidine groups is 1. The van der Waals surface area contributed by atoms with Crippen LogP contribution in [0.1, 0.15) is 46.0 Å². The molecule has 0 radical (unpaired) electrons. The molecule has 0 aromatic rings. The van der Waals surface area contributed by atoms with Crippen LogP contribution >= 0.6 is 0 Å². The summed E-state index contributed by atoms with van der Waals surface area (Å²) in [7, 11) is 0. The number of nitrogens with one attached hydrogen (secondary N) is 1. The Bertz CT molecular complexity index is 163. The fraction of sp³-hybridized carbons (Fsp3) is 0.900. The Hall–Kier alpha value is -0.530. The maximum Gasteiger partial charge on any atom is 0.0908 e. The van der Waals surface area contributed by atoms with Crippen molar-refractivity contribution in [3.63, 3.8) is 0 Å². The van der Waals surface area contributed by atoms with E-state index in [9.17, 15) is 0 Å². The normalized spacial score (nSPS) is 23.8. The Morgan fingerprint density at radius 3 is 2.33 bits per heavy atom. The molecule has 1 aliphatic rings. The number of rotatable bonds is 2. The average molecular weight is 168 g/mol. The zero-order chi connectivity index (χ0) is 9.19. The van der Waals surface area contributed by atoms with E-state index in [-0.39, 0.29) is 0 Å². The summed E-state index contributed by atoms with van der Waals surface area (Å²) in [5.74, 6) is 1.05. The van der Waals surface area contributed by atoms with Gasteiger partial charge in [0.2, 0.25) is 0 Å². The predicted molar refractivity (Wildman–Crippen MR) is 52.3 cm³/mol. The molecule has 1 saturated carbocycles. The summed E-state index contributed by atoms with van der Waals surface area (Å²) < 4.78 is 0. The van der Waals surface area contributed by atoms with Crippen molar-refractivity contribution in [2.75, 3.05) is 0 Å². The van der Waals surface area contributed by atoms with Crippen molar-refractivity contribution in [2.24, 2.45) is 17.1 Å². The molecule has 0 unspecified atom stereocenters. The van der Waals surface area contributed by atoms with Gasteiger partial charge in [0.1, 0.15) is 0 Å². The van der Waals surface area contributed by atoms with Crippen molar-refractivity contribution in [3.8, 4) is 0 Å². The molecule has 1 aliphatic carbocycles. The Kier molecular flexibility index (Phi) is 2.76. The lowest BCUT2D eigenvalue weighted by Crippen LogP contribution is -2.24. The molecule has 0 aromatic carbocycles. The van der Waals surface area contributed by atoms with Gasteiger partial charge in [0.15, 0.2) is 0 Å². The lowest BCUT2D eigenvalue weighted by Gasteiger charge is -2.34. The third-order valence-corrected chi connectivity index (χ3v) is 2.97. The van der Waals surface area contributed by atoms with Gasteiger partial charge in [-0.25, -0.2) is 0 Å². The summed E-state index contributed by atoms with van der Waals surface area (Å²) in [5, 5.41) is 7.21. The van der Waals surface area contributed by atoms with E-state index in [0.717, 1.165) is 6.42 Å². The molecule has 2 nitrogen and oxygen atoms in total. The summed E-state index contributed by atoms with van der Waals surface area (Å²) in [6, 6.07) is 0. The van der Waals surface area contributed by atoms with E-state index in [2.05, 4.69) is 13.8 Å². The summed E-state index contributed by atoms with van der Waals surface area (Å²) in [6.45, 7) is 4.66. The van der Waals surface area contributed by atoms with Gasteiger partial charge in [-0.05, 0) is 37.0 Å². The predicted octanol–water partition coefficient (Wildman–Crippen LogP) is 2.53. The molecule has 1 rings (SSSR count). The molecule has 0 saturated heterocycles. The minimum atomic E-state index is 0.361. The van der Waals surface area contributed by atoms with Gasteiger partial charge in [-0.15, -0.1) is 0 Å². The molecular weight excluding hydrogens is 148 g/mol. The van der Waals surface area contributed by atoms with Crippen molar-refractivity contribution in [1.82, 2.24) is 0 Å². The van der Waals surface area contributed by atoms with Gasteiger partial charge < -0.3 is 5.73 Å². The van der Waals surface area contributed by atoms with Crippen molar-refractivity contribution in [1.29, 1.82) is 5.41 Å². The lowest BCUT2D eigenvalue weighted by atomic mass is 9.72. The lowest BCUT2D eigenvalue weighted by molar-refractivity contribution is 0.194. The fourth-order valence-corrected chi connectivity index (χ4v) is 1.97. The molecule has 70 valence electrons. The molecule has 0 spiro atoms. The van der Waals surface area contributed by atoms with E-state index in [4.69, 9.17) is 11.1 Å². The third-order valence-electron chi connectivity index (χ3n) is 2.97. The first kappa shape index (κ1) is 9.56. The maximum absolute atomic E-state index is 7.21. The van der Waals surface area contributed by atoms with Crippen LogP contribution in [0.3, 0.4) is 0 Å². The van der Waals surface area contributed by atoms with E-state index in [1.54, 1.807) is 0 Å². The highest BCUT2D eigenvalue weighted by Crippen LogP contribution is 2.38. The van der Waals surface area contributed by atoms with Crippen LogP contribution in [0.2, 0.25) is 0 Å². The highest BCUT2D eigenvalue weighted by Gasteiger charge is 2.26. The van der Waals surface area contributed by atoms with Crippen molar-refractivity contribution in [2.45, 2.75) is 46.0 Å². The monoisotopic (exact) mass is 168 g/mol. The first-order chi connectivity index (χ1) is 5.49. The molecule has 12 heavy (non-hydrogen) atoms. The molecule has 0 heterocycles. The van der Waals surface area contributed by atoms with Crippen LogP contribution in [0.5, 0.6) is 0 Å². The van der Waals surface area contributed by atoms with Gasteiger partial charge in [0.25, 0.3) is 0 Å². The standard InChI is InChI=1S/C10H20N2/c1-10(2)5-3-8(4-6-10)7-9(11)12/h8H,3-7H2,1-2H3,(H3,11,12). The fourth-order valence-electron chi connectivity index (χ4n) is 1.97. The number of hydrogen-bond donors (Lipinski definition) is 2. The summed E-state index contributed by atoms with van der Waals surface area (Å²) >= 11 is 0. The SMILES string of the molecule is CC1(C)CCC(CC(=N)N)CC1. The smallest absolute Gasteiger partial charge is 0.0908 e. The van der Waals surface area contributed by atoms with Crippen LogP contribution < -0.4 is 5.73 Å². The molecule has 2 heteroatoms. The molecule has 3 N–H and O–H groups in total. The highest BCUT2D eigenvalue weighted by atomic mass is 14.7. The Balaban J connectivity index is 2.31. The van der Waals surface area contributed by atoms with Crippen molar-refractivity contribution < 1.29 is 0 Å². The van der Waals surface area contributed by atoms with E-state index >= 15 is 0 Å². The van der Waals surface area contributed by atoms with Crippen LogP contribution in [-0.4, -0.2) is 5.84 Å². The van der Waals surface area contributed by atoms with Gasteiger partial charge in [0, 0.05) is 6.42 Å². The molecule has 0 amide bonds. The Labute approximate surface area is 75.0 Å². The average Bonchev–Trinajstić information content (AvgIpc) is 1.93. The van der Waals surface area contributed by atoms with E-state index in [1.165, 1.54) is 25.7 Å². The van der Waals surface area contributed by atoms with Crippen molar-refractivity contribution >= 4 is 5.84 Å². The minimum absolute atomic E-state index is 0.361. The largest absolute Gasteiger partial charge is 0.388 e. The molecular formula is C10H20N2. The van der Waals surface area contributed by atoms with Gasteiger partial charge in [-0.2, -0.15) is 0 Å². The van der Waals surface area contributed by atoms with E-state index in [0.29, 0.717) is 17.2 Å². The molecule has 0 aliphatic heterocycles. The topological polar surface area (TPSA) is 49.9 Å². The first-order valence-electron chi connectivity index (χ1n) is 4.82. The van der Waals surface area contributed by atoms with Gasteiger partial charge in [-0.3, -0.25) is 5.41 Å². The first-order valence-corrected chi connectivity index (χ1v) is 4.82. The zero-order valence-electron chi connectivity index (χ0n) is 8.19. The summed E-state index contributed by atoms with van der Waals surface area (Å²) in [5.41, 5.74) is 5.91. The molecule has 0 atom stereocenters. The molecule has 0 bridgehead atoms. The number of hydrogen-bond acceptors (Lipinski definition) is 1. The minimum Gasteiger partial charge on any atom is -0.388 e. The van der Waals surface area contributed by atoms with Crippen molar-refractivity contribution in [3.05, 3.63) is 0 Å². The van der Waals surface area contributed by atoms with Crippen LogP contribution in [0.15, 0.2) is 0 Å². The summed E-state index contributed by atoms with van der Waals surface area (Å²) in [6.07, 6.45) is 5.92. The third kappa shape index (κ3) is 2.84. The Morgan fingerprint density at radius 2 is 1.92 bits per heavy atom. The van der Waals surface area contributed by atoms with Gasteiger partial charge in [0.05, 0.1) is 5.84 Å². The van der Waals surface area contributed by atoms with Gasteiger partial charge in [-0.1, -0.05) is 13.8 Å². The van der Waals surface area contributed by atoms with E-state index < -0.39 is 0 Å². The number of nitrogens with two attached hydrogens (primary N) is 1. The second kappa shape index (κ2) is 3.46. The highest BCUT2D eigenvalue weighted by molar-refractivity contribution is 5.77. The van der Waals surface area contributed by atoms with E-state index in [1.807, 2.05) is 0 Å². The van der Waals surface area contributed by atoms with Gasteiger partial charge >= 0.3 is 0 Å². The second-order valence-electron chi connectivity index (χ2n) is 4.84. The van der Waals surface area contributed by atoms with Crippen LogP contribution in [0.25, 0.3) is 0 Å². The molecule has 0 aromatic heterocycles.